The Labute approximate surface area is 127 Å². The molecule has 0 atom stereocenters. The lowest BCUT2D eigenvalue weighted by Gasteiger charge is -2.11. The van der Waals surface area contributed by atoms with Crippen LogP contribution in [0.2, 0.25) is 5.02 Å². The fourth-order valence-electron chi connectivity index (χ4n) is 1.81. The summed E-state index contributed by atoms with van der Waals surface area (Å²) >= 11 is 6.02. The Morgan fingerprint density at radius 3 is 2.48 bits per heavy atom. The number of anilines is 2. The SMILES string of the molecule is COc1ccc(C(=O)Nc2cc(N)ccc2Cl)cc1OC. The Hall–Kier alpha value is -2.40. The smallest absolute Gasteiger partial charge is 0.255 e. The number of hydrogen-bond donors (Lipinski definition) is 2. The van der Waals surface area contributed by atoms with Gasteiger partial charge in [0.15, 0.2) is 11.5 Å². The number of methoxy groups -OCH3 is 2. The van der Waals surface area contributed by atoms with Gasteiger partial charge in [0.05, 0.1) is 24.9 Å². The second-order valence-electron chi connectivity index (χ2n) is 4.26. The van der Waals surface area contributed by atoms with Crippen molar-refractivity contribution in [2.24, 2.45) is 0 Å². The molecule has 0 saturated heterocycles. The molecule has 0 aliphatic rings. The molecule has 3 N–H and O–H groups in total. The standard InChI is InChI=1S/C15H15ClN2O3/c1-20-13-6-3-9(7-14(13)21-2)15(19)18-12-8-10(17)4-5-11(12)16/h3-8H,17H2,1-2H3,(H,18,19). The predicted octanol–water partition coefficient (Wildman–Crippen LogP) is 3.19. The van der Waals surface area contributed by atoms with E-state index in [9.17, 15) is 4.79 Å². The zero-order valence-electron chi connectivity index (χ0n) is 11.6. The highest BCUT2D eigenvalue weighted by atomic mass is 35.5. The minimum Gasteiger partial charge on any atom is -0.493 e. The maximum atomic E-state index is 12.2. The van der Waals surface area contributed by atoms with Gasteiger partial charge in [0.2, 0.25) is 0 Å². The fraction of sp³-hybridized carbons (Fsp3) is 0.133. The molecule has 0 fully saturated rings. The average molecular weight is 307 g/mol. The summed E-state index contributed by atoms with van der Waals surface area (Å²) in [5.41, 5.74) is 7.07. The van der Waals surface area contributed by atoms with E-state index in [0.29, 0.717) is 33.5 Å². The van der Waals surface area contributed by atoms with Crippen molar-refractivity contribution in [3.05, 3.63) is 47.0 Å². The van der Waals surface area contributed by atoms with Crippen LogP contribution in [-0.2, 0) is 0 Å². The number of nitrogens with two attached hydrogens (primary N) is 1. The van der Waals surface area contributed by atoms with E-state index >= 15 is 0 Å². The van der Waals surface area contributed by atoms with Gasteiger partial charge >= 0.3 is 0 Å². The number of carbonyl (C=O) groups is 1. The number of benzene rings is 2. The van der Waals surface area contributed by atoms with Crippen molar-refractivity contribution < 1.29 is 14.3 Å². The molecule has 0 heterocycles. The molecule has 0 aliphatic carbocycles. The summed E-state index contributed by atoms with van der Waals surface area (Å²) in [6.45, 7) is 0. The lowest BCUT2D eigenvalue weighted by Crippen LogP contribution is -2.12. The van der Waals surface area contributed by atoms with E-state index in [2.05, 4.69) is 5.32 Å². The van der Waals surface area contributed by atoms with E-state index < -0.39 is 0 Å². The zero-order chi connectivity index (χ0) is 15.4. The number of rotatable bonds is 4. The molecule has 21 heavy (non-hydrogen) atoms. The molecule has 2 aromatic rings. The highest BCUT2D eigenvalue weighted by Crippen LogP contribution is 2.29. The van der Waals surface area contributed by atoms with Crippen LogP contribution in [0, 0.1) is 0 Å². The van der Waals surface area contributed by atoms with Gasteiger partial charge in [0.1, 0.15) is 0 Å². The first-order valence-electron chi connectivity index (χ1n) is 6.13. The molecule has 6 heteroatoms. The highest BCUT2D eigenvalue weighted by Gasteiger charge is 2.12. The molecule has 0 aliphatic heterocycles. The van der Waals surface area contributed by atoms with Crippen LogP contribution < -0.4 is 20.5 Å². The molecule has 0 unspecified atom stereocenters. The third-order valence-electron chi connectivity index (χ3n) is 2.88. The van der Waals surface area contributed by atoms with Crippen LogP contribution in [0.25, 0.3) is 0 Å². The van der Waals surface area contributed by atoms with E-state index in [1.54, 1.807) is 36.4 Å². The largest absolute Gasteiger partial charge is 0.493 e. The number of hydrogen-bond acceptors (Lipinski definition) is 4. The summed E-state index contributed by atoms with van der Waals surface area (Å²) in [6, 6.07) is 9.77. The first kappa shape index (κ1) is 15.0. The maximum absolute atomic E-state index is 12.2. The molecular weight excluding hydrogens is 292 g/mol. The number of ether oxygens (including phenoxy) is 2. The second-order valence-corrected chi connectivity index (χ2v) is 4.67. The lowest BCUT2D eigenvalue weighted by atomic mass is 10.1. The third kappa shape index (κ3) is 3.38. The molecule has 0 aromatic heterocycles. The van der Waals surface area contributed by atoms with E-state index in [4.69, 9.17) is 26.8 Å². The van der Waals surface area contributed by atoms with Crippen LogP contribution in [0.4, 0.5) is 11.4 Å². The van der Waals surface area contributed by atoms with Crippen LogP contribution in [0.1, 0.15) is 10.4 Å². The van der Waals surface area contributed by atoms with Crippen molar-refractivity contribution in [3.8, 4) is 11.5 Å². The minimum absolute atomic E-state index is 0.316. The van der Waals surface area contributed by atoms with Gasteiger partial charge in [-0.05, 0) is 36.4 Å². The Kier molecular flexibility index (Phi) is 4.55. The fourth-order valence-corrected chi connectivity index (χ4v) is 1.98. The van der Waals surface area contributed by atoms with Crippen molar-refractivity contribution in [2.75, 3.05) is 25.3 Å². The number of carbonyl (C=O) groups excluding carboxylic acids is 1. The van der Waals surface area contributed by atoms with Crippen molar-refractivity contribution in [2.45, 2.75) is 0 Å². The molecule has 0 radical (unpaired) electrons. The molecule has 0 saturated carbocycles. The first-order valence-corrected chi connectivity index (χ1v) is 6.51. The zero-order valence-corrected chi connectivity index (χ0v) is 12.4. The van der Waals surface area contributed by atoms with Crippen LogP contribution in [0.5, 0.6) is 11.5 Å². The summed E-state index contributed by atoms with van der Waals surface area (Å²) in [4.78, 5) is 12.2. The Balaban J connectivity index is 2.26. The average Bonchev–Trinajstić information content (AvgIpc) is 2.50. The van der Waals surface area contributed by atoms with Crippen molar-refractivity contribution >= 4 is 28.9 Å². The quantitative estimate of drug-likeness (QED) is 0.851. The minimum atomic E-state index is -0.316. The second kappa shape index (κ2) is 6.37. The normalized spacial score (nSPS) is 10.0. The van der Waals surface area contributed by atoms with Gasteiger partial charge in [-0.2, -0.15) is 0 Å². The van der Waals surface area contributed by atoms with E-state index in [0.717, 1.165) is 0 Å². The molecule has 2 aromatic carbocycles. The van der Waals surface area contributed by atoms with Crippen molar-refractivity contribution in [3.63, 3.8) is 0 Å². The molecule has 2 rings (SSSR count). The summed E-state index contributed by atoms with van der Waals surface area (Å²) in [6.07, 6.45) is 0. The summed E-state index contributed by atoms with van der Waals surface area (Å²) in [5, 5.41) is 3.12. The van der Waals surface area contributed by atoms with Gasteiger partial charge in [0, 0.05) is 11.3 Å². The van der Waals surface area contributed by atoms with Gasteiger partial charge in [-0.1, -0.05) is 11.6 Å². The van der Waals surface area contributed by atoms with Gasteiger partial charge in [-0.25, -0.2) is 0 Å². The summed E-state index contributed by atoms with van der Waals surface area (Å²) in [7, 11) is 3.04. The summed E-state index contributed by atoms with van der Waals surface area (Å²) in [5.74, 6) is 0.711. The molecule has 0 spiro atoms. The van der Waals surface area contributed by atoms with Crippen LogP contribution >= 0.6 is 11.6 Å². The van der Waals surface area contributed by atoms with Gasteiger partial charge in [0.25, 0.3) is 5.91 Å². The highest BCUT2D eigenvalue weighted by molar-refractivity contribution is 6.34. The van der Waals surface area contributed by atoms with Gasteiger partial charge in [-0.15, -0.1) is 0 Å². The number of nitrogens with one attached hydrogen (secondary N) is 1. The van der Waals surface area contributed by atoms with E-state index in [1.807, 2.05) is 0 Å². The van der Waals surface area contributed by atoms with Crippen LogP contribution in [0.3, 0.4) is 0 Å². The van der Waals surface area contributed by atoms with Gasteiger partial charge in [-0.3, -0.25) is 4.79 Å². The van der Waals surface area contributed by atoms with Crippen molar-refractivity contribution in [1.29, 1.82) is 0 Å². The topological polar surface area (TPSA) is 73.6 Å². The number of amides is 1. The molecule has 1 amide bonds. The van der Waals surface area contributed by atoms with Crippen LogP contribution in [0.15, 0.2) is 36.4 Å². The number of halogens is 1. The van der Waals surface area contributed by atoms with Crippen LogP contribution in [-0.4, -0.2) is 20.1 Å². The molecule has 0 bridgehead atoms. The molecule has 110 valence electrons. The predicted molar refractivity (Wildman–Crippen MR) is 83.4 cm³/mol. The first-order chi connectivity index (χ1) is 10.0. The Morgan fingerprint density at radius 1 is 1.10 bits per heavy atom. The third-order valence-corrected chi connectivity index (χ3v) is 3.21. The number of nitrogen functional groups attached to an aromatic ring is 1. The van der Waals surface area contributed by atoms with E-state index in [1.165, 1.54) is 14.2 Å². The molecular formula is C15H15ClN2O3. The Morgan fingerprint density at radius 2 is 1.81 bits per heavy atom. The molecule has 5 nitrogen and oxygen atoms in total. The Bertz CT molecular complexity index is 674. The van der Waals surface area contributed by atoms with Crippen molar-refractivity contribution in [1.82, 2.24) is 0 Å². The monoisotopic (exact) mass is 306 g/mol. The maximum Gasteiger partial charge on any atom is 0.255 e. The van der Waals surface area contributed by atoms with E-state index in [-0.39, 0.29) is 5.91 Å². The lowest BCUT2D eigenvalue weighted by molar-refractivity contribution is 0.102. The van der Waals surface area contributed by atoms with Gasteiger partial charge < -0.3 is 20.5 Å². The summed E-state index contributed by atoms with van der Waals surface area (Å²) < 4.78 is 10.3.